The Balaban J connectivity index is 1.25. The number of nitrogens with two attached hydrogens (primary N) is 1. The number of aliphatic carboxylic acids is 1. The van der Waals surface area contributed by atoms with Crippen LogP contribution in [0.15, 0.2) is 66.7 Å². The number of carboxylic acids is 1. The molecule has 1 aliphatic rings. The number of rotatable bonds is 30. The van der Waals surface area contributed by atoms with E-state index in [1.54, 1.807) is 46.4 Å². The summed E-state index contributed by atoms with van der Waals surface area (Å²) in [6.45, 7) is 11.2. The highest BCUT2D eigenvalue weighted by Gasteiger charge is 2.34. The fraction of sp³-hybridized carbons (Fsp3) is 0.579. The van der Waals surface area contributed by atoms with Crippen LogP contribution in [0.5, 0.6) is 0 Å². The Morgan fingerprint density at radius 3 is 1.97 bits per heavy atom. The van der Waals surface area contributed by atoms with Crippen molar-refractivity contribution in [3.05, 3.63) is 81.4 Å². The predicted molar refractivity (Wildman–Crippen MR) is 300 cm³/mol. The van der Waals surface area contributed by atoms with Crippen LogP contribution in [0.4, 0.5) is 4.79 Å². The molecule has 6 amide bonds. The van der Waals surface area contributed by atoms with Gasteiger partial charge in [-0.05, 0) is 188 Å². The number of nitrogens with one attached hydrogen (secondary N) is 5. The van der Waals surface area contributed by atoms with Gasteiger partial charge in [-0.25, -0.2) is 14.4 Å². The van der Waals surface area contributed by atoms with Crippen LogP contribution < -0.4 is 32.3 Å². The number of hydrogen-bond donors (Lipinski definition) is 7. The van der Waals surface area contributed by atoms with Crippen molar-refractivity contribution in [2.75, 3.05) is 19.6 Å². The van der Waals surface area contributed by atoms with Gasteiger partial charge in [0, 0.05) is 48.5 Å². The molecule has 0 aliphatic heterocycles. The zero-order valence-electron chi connectivity index (χ0n) is 45.3. The van der Waals surface area contributed by atoms with Crippen LogP contribution in [0, 0.1) is 9.49 Å². The van der Waals surface area contributed by atoms with Gasteiger partial charge in [-0.15, -0.1) is 0 Å². The number of aryl methyl sites for hydroxylation is 1. The molecule has 0 bridgehead atoms. The lowest BCUT2D eigenvalue weighted by Gasteiger charge is -2.39. The van der Waals surface area contributed by atoms with Crippen LogP contribution in [-0.4, -0.2) is 119 Å². The summed E-state index contributed by atoms with van der Waals surface area (Å²) < 4.78 is 12.0. The number of urea groups is 1. The monoisotopic (exact) mass is 1170 g/mol. The van der Waals surface area contributed by atoms with Crippen LogP contribution >= 0.6 is 22.6 Å². The van der Waals surface area contributed by atoms with E-state index in [4.69, 9.17) is 15.2 Å². The molecule has 4 atom stereocenters. The normalized spacial score (nSPS) is 16.2. The van der Waals surface area contributed by atoms with E-state index in [0.717, 1.165) is 54.9 Å². The Hall–Kier alpha value is -5.83. The number of carboxylic acid groups (broad SMARTS) is 1. The van der Waals surface area contributed by atoms with Gasteiger partial charge < -0.3 is 51.8 Å². The first-order valence-corrected chi connectivity index (χ1v) is 27.8. The number of nitrogens with zero attached hydrogens (tertiary/aromatic N) is 1. The number of carbonyl (C=O) groups excluding carboxylic acids is 7. The van der Waals surface area contributed by atoms with E-state index in [1.807, 2.05) is 42.5 Å². The van der Waals surface area contributed by atoms with E-state index >= 15 is 0 Å². The van der Waals surface area contributed by atoms with Crippen molar-refractivity contribution < 1.29 is 52.9 Å². The minimum absolute atomic E-state index is 0.00131. The van der Waals surface area contributed by atoms with Gasteiger partial charge in [-0.2, -0.15) is 0 Å². The average Bonchev–Trinajstić information content (AvgIpc) is 3.35. The van der Waals surface area contributed by atoms with Crippen molar-refractivity contribution >= 4 is 81.4 Å². The second kappa shape index (κ2) is 31.4. The molecule has 418 valence electrons. The molecule has 1 fully saturated rings. The van der Waals surface area contributed by atoms with Crippen molar-refractivity contribution in [2.45, 2.75) is 186 Å². The summed E-state index contributed by atoms with van der Waals surface area (Å²) in [6.07, 6.45) is 8.01. The predicted octanol–water partition coefficient (Wildman–Crippen LogP) is 7.00. The fourth-order valence-electron chi connectivity index (χ4n) is 9.10. The van der Waals surface area contributed by atoms with Gasteiger partial charge in [-0.3, -0.25) is 24.0 Å². The quantitative estimate of drug-likeness (QED) is 0.0154. The summed E-state index contributed by atoms with van der Waals surface area (Å²) in [6, 6.07) is 16.9. The highest BCUT2D eigenvalue weighted by molar-refractivity contribution is 14.1. The molecule has 0 unspecified atom stereocenters. The van der Waals surface area contributed by atoms with Gasteiger partial charge in [-0.1, -0.05) is 54.6 Å². The molecule has 0 spiro atoms. The molecule has 0 saturated heterocycles. The molecule has 76 heavy (non-hydrogen) atoms. The maximum atomic E-state index is 14.1. The van der Waals surface area contributed by atoms with Crippen molar-refractivity contribution in [2.24, 2.45) is 11.7 Å². The standard InChI is InChI=1S/C57H82IN7O11/c1-56(2,3)75-50(68)31-30-47(54(73)76-57(4,5)6)64-55(74)63-46(53(71)72)18-10-12-33-61-52(70)48(35-40-20-25-41-15-7-8-16-42(41)34-40)65(37-66)44-28-23-39(24-29-44)36-62-51(69)45(59)17-9-11-32-60-49(67)19-13-14-38-21-26-43(58)27-22-38/h7-8,15-16,20-22,25-27,34,37,39,44-48H,9-14,17-19,23-24,28-33,35-36,59H2,1-6H3,(H,60,67)(H,61,70)(H,62,69)(H,71,72)(H2,63,64,74)/t39?,44?,45-,46-,47-,48+/m0/s1. The molecular weight excluding hydrogens is 1090 g/mol. The zero-order valence-corrected chi connectivity index (χ0v) is 47.4. The van der Waals surface area contributed by atoms with Crippen molar-refractivity contribution in [3.63, 3.8) is 0 Å². The number of esters is 2. The summed E-state index contributed by atoms with van der Waals surface area (Å²) in [5.74, 6) is -3.06. The first kappa shape index (κ1) is 62.7. The fourth-order valence-corrected chi connectivity index (χ4v) is 9.45. The average molecular weight is 1170 g/mol. The molecule has 18 nitrogen and oxygen atoms in total. The van der Waals surface area contributed by atoms with E-state index in [2.05, 4.69) is 73.4 Å². The van der Waals surface area contributed by atoms with Gasteiger partial charge in [0.1, 0.15) is 29.3 Å². The molecule has 8 N–H and O–H groups in total. The SMILES string of the molecule is CC(C)(C)OC(=O)CC[C@H](NC(=O)N[C@@H](CCCCNC(=O)[C@@H](Cc1ccc2ccccc2c1)N(C=O)C1CCC(CNC(=O)[C@@H](N)CCCCNC(=O)CCCc2ccc(I)cc2)CC1)C(=O)O)C(=O)OC(C)(C)C. The number of hydrogen-bond acceptors (Lipinski definition) is 11. The largest absolute Gasteiger partial charge is 0.480 e. The summed E-state index contributed by atoms with van der Waals surface area (Å²) in [5, 5.41) is 25.9. The lowest BCUT2D eigenvalue weighted by molar-refractivity contribution is -0.158. The number of benzene rings is 3. The van der Waals surface area contributed by atoms with Crippen LogP contribution in [-0.2, 0) is 55.9 Å². The molecule has 3 aromatic rings. The number of carbonyl (C=O) groups is 8. The minimum atomic E-state index is -1.34. The van der Waals surface area contributed by atoms with E-state index in [0.29, 0.717) is 58.0 Å². The topological polar surface area (TPSA) is 265 Å². The third-order valence-corrected chi connectivity index (χ3v) is 13.8. The smallest absolute Gasteiger partial charge is 0.329 e. The number of fused-ring (bicyclic) bond motifs is 1. The van der Waals surface area contributed by atoms with E-state index < -0.39 is 59.3 Å². The van der Waals surface area contributed by atoms with Gasteiger partial charge in [0.2, 0.25) is 24.1 Å². The molecule has 0 aromatic heterocycles. The van der Waals surface area contributed by atoms with E-state index in [-0.39, 0.29) is 61.9 Å². The molecule has 3 aromatic carbocycles. The lowest BCUT2D eigenvalue weighted by Crippen LogP contribution is -2.53. The first-order valence-electron chi connectivity index (χ1n) is 26.8. The van der Waals surface area contributed by atoms with Crippen molar-refractivity contribution in [1.29, 1.82) is 0 Å². The highest BCUT2D eigenvalue weighted by atomic mass is 127. The Bertz CT molecular complexity index is 2380. The summed E-state index contributed by atoms with van der Waals surface area (Å²) in [5.41, 5.74) is 6.68. The summed E-state index contributed by atoms with van der Waals surface area (Å²) in [4.78, 5) is 105. The van der Waals surface area contributed by atoms with Gasteiger partial charge >= 0.3 is 23.9 Å². The Morgan fingerprint density at radius 2 is 1.33 bits per heavy atom. The maximum Gasteiger partial charge on any atom is 0.329 e. The molecule has 19 heteroatoms. The minimum Gasteiger partial charge on any atom is -0.480 e. The van der Waals surface area contributed by atoms with Crippen LogP contribution in [0.2, 0.25) is 0 Å². The van der Waals surface area contributed by atoms with Gasteiger partial charge in [0.25, 0.3) is 0 Å². The van der Waals surface area contributed by atoms with Crippen LogP contribution in [0.3, 0.4) is 0 Å². The van der Waals surface area contributed by atoms with E-state index in [1.165, 1.54) is 9.13 Å². The van der Waals surface area contributed by atoms with Gasteiger partial charge in [0.05, 0.1) is 6.04 Å². The second-order valence-electron chi connectivity index (χ2n) is 21.8. The lowest BCUT2D eigenvalue weighted by atomic mass is 9.84. The van der Waals surface area contributed by atoms with Crippen LogP contribution in [0.1, 0.15) is 143 Å². The zero-order chi connectivity index (χ0) is 55.8. The molecule has 1 aliphatic carbocycles. The Labute approximate surface area is 462 Å². The van der Waals surface area contributed by atoms with E-state index in [9.17, 15) is 43.5 Å². The number of halogens is 1. The number of unbranched alkanes of at least 4 members (excludes halogenated alkanes) is 2. The maximum absolute atomic E-state index is 14.1. The Kier molecular flexibility index (Phi) is 25.9. The first-order chi connectivity index (χ1) is 36.0. The number of amides is 6. The summed E-state index contributed by atoms with van der Waals surface area (Å²) >= 11 is 2.27. The molecule has 1 saturated carbocycles. The molecule has 0 radical (unpaired) electrons. The molecule has 4 rings (SSSR count). The third-order valence-electron chi connectivity index (χ3n) is 13.1. The van der Waals surface area contributed by atoms with Crippen molar-refractivity contribution in [1.82, 2.24) is 31.5 Å². The van der Waals surface area contributed by atoms with Gasteiger partial charge in [0.15, 0.2) is 0 Å². The summed E-state index contributed by atoms with van der Waals surface area (Å²) in [7, 11) is 0. The van der Waals surface area contributed by atoms with Crippen molar-refractivity contribution in [3.8, 4) is 0 Å². The Morgan fingerprint density at radius 1 is 0.711 bits per heavy atom. The third kappa shape index (κ3) is 23.6. The number of ether oxygens (including phenoxy) is 2. The second-order valence-corrected chi connectivity index (χ2v) is 23.1. The van der Waals surface area contributed by atoms with Crippen LogP contribution in [0.25, 0.3) is 10.8 Å². The molecular formula is C57H82IN7O11. The highest BCUT2D eigenvalue weighted by Crippen LogP contribution is 2.29. The molecule has 0 heterocycles.